The zero-order chi connectivity index (χ0) is 20.5. The summed E-state index contributed by atoms with van der Waals surface area (Å²) in [6.45, 7) is 2.68. The summed E-state index contributed by atoms with van der Waals surface area (Å²) in [7, 11) is 0. The molecule has 1 saturated heterocycles. The first-order chi connectivity index (χ1) is 13.2. The van der Waals surface area contributed by atoms with Crippen molar-refractivity contribution in [3.63, 3.8) is 0 Å². The third kappa shape index (κ3) is 3.58. The van der Waals surface area contributed by atoms with E-state index in [1.165, 1.54) is 6.07 Å². The van der Waals surface area contributed by atoms with Gasteiger partial charge in [-0.1, -0.05) is 36.4 Å². The Morgan fingerprint density at radius 2 is 1.82 bits per heavy atom. The number of hydrogen-bond donors (Lipinski definition) is 2. The molecule has 0 aliphatic carbocycles. The van der Waals surface area contributed by atoms with E-state index in [1.54, 1.807) is 44.2 Å². The van der Waals surface area contributed by atoms with E-state index < -0.39 is 47.6 Å². The molecule has 146 valence electrons. The fourth-order valence-corrected chi connectivity index (χ4v) is 3.10. The standard InChI is InChI=1S/C20H19F2N3O3/c1-12(13-8-9-15(21)16(22)10-13)23-17(26)11-25-18(27)20(2,24-19(25)28)14-6-4-3-5-7-14/h3-10,12H,11H2,1-2H3,(H,23,26)(H,24,28). The average molecular weight is 387 g/mol. The first-order valence-corrected chi connectivity index (χ1v) is 8.66. The van der Waals surface area contributed by atoms with Gasteiger partial charge in [-0.25, -0.2) is 13.6 Å². The molecule has 2 aromatic rings. The van der Waals surface area contributed by atoms with Crippen molar-refractivity contribution in [3.05, 3.63) is 71.3 Å². The number of nitrogens with zero attached hydrogens (tertiary/aromatic N) is 1. The fourth-order valence-electron chi connectivity index (χ4n) is 3.10. The Bertz CT molecular complexity index is 936. The van der Waals surface area contributed by atoms with Gasteiger partial charge < -0.3 is 10.6 Å². The Balaban J connectivity index is 1.69. The van der Waals surface area contributed by atoms with Crippen LogP contribution in [-0.2, 0) is 15.1 Å². The summed E-state index contributed by atoms with van der Waals surface area (Å²) in [6.07, 6.45) is 0. The molecule has 1 fully saturated rings. The topological polar surface area (TPSA) is 78.5 Å². The first kappa shape index (κ1) is 19.5. The summed E-state index contributed by atoms with van der Waals surface area (Å²) in [5.41, 5.74) is -0.297. The Hall–Kier alpha value is -3.29. The molecule has 1 aliphatic heterocycles. The third-order valence-corrected chi connectivity index (χ3v) is 4.75. The molecule has 0 bridgehead atoms. The number of urea groups is 1. The molecule has 2 atom stereocenters. The van der Waals surface area contributed by atoms with Crippen molar-refractivity contribution in [1.29, 1.82) is 0 Å². The van der Waals surface area contributed by atoms with Crippen LogP contribution in [0.25, 0.3) is 0 Å². The highest BCUT2D eigenvalue weighted by Gasteiger charge is 2.49. The summed E-state index contributed by atoms with van der Waals surface area (Å²) in [5, 5.41) is 5.19. The molecule has 0 spiro atoms. The average Bonchev–Trinajstić information content (AvgIpc) is 2.88. The third-order valence-electron chi connectivity index (χ3n) is 4.75. The van der Waals surface area contributed by atoms with Crippen LogP contribution < -0.4 is 10.6 Å². The number of carbonyl (C=O) groups is 3. The lowest BCUT2D eigenvalue weighted by molar-refractivity contribution is -0.135. The van der Waals surface area contributed by atoms with Crippen LogP contribution in [0.1, 0.15) is 31.0 Å². The van der Waals surface area contributed by atoms with Crippen molar-refractivity contribution >= 4 is 17.8 Å². The van der Waals surface area contributed by atoms with Crippen molar-refractivity contribution in [2.45, 2.75) is 25.4 Å². The van der Waals surface area contributed by atoms with E-state index >= 15 is 0 Å². The van der Waals surface area contributed by atoms with Gasteiger partial charge in [-0.3, -0.25) is 14.5 Å². The quantitative estimate of drug-likeness (QED) is 0.774. The molecule has 3 rings (SSSR count). The summed E-state index contributed by atoms with van der Waals surface area (Å²) in [5.74, 6) is -3.15. The molecule has 2 N–H and O–H groups in total. The second-order valence-electron chi connectivity index (χ2n) is 6.78. The predicted molar refractivity (Wildman–Crippen MR) is 97.0 cm³/mol. The van der Waals surface area contributed by atoms with E-state index in [4.69, 9.17) is 0 Å². The maximum absolute atomic E-state index is 13.4. The van der Waals surface area contributed by atoms with Crippen LogP contribution in [0.4, 0.5) is 13.6 Å². The fraction of sp³-hybridized carbons (Fsp3) is 0.250. The van der Waals surface area contributed by atoms with Gasteiger partial charge in [-0.15, -0.1) is 0 Å². The van der Waals surface area contributed by atoms with E-state index in [0.717, 1.165) is 17.0 Å². The number of nitrogens with one attached hydrogen (secondary N) is 2. The van der Waals surface area contributed by atoms with Gasteiger partial charge >= 0.3 is 6.03 Å². The van der Waals surface area contributed by atoms with Crippen LogP contribution in [0.3, 0.4) is 0 Å². The monoisotopic (exact) mass is 387 g/mol. The number of carbonyl (C=O) groups excluding carboxylic acids is 3. The molecule has 0 radical (unpaired) electrons. The van der Waals surface area contributed by atoms with Crippen molar-refractivity contribution in [2.75, 3.05) is 6.54 Å². The minimum absolute atomic E-state index is 0.360. The Kier molecular flexibility index (Phi) is 5.13. The Morgan fingerprint density at radius 1 is 1.14 bits per heavy atom. The van der Waals surface area contributed by atoms with Gasteiger partial charge in [0, 0.05) is 0 Å². The maximum atomic E-state index is 13.4. The van der Waals surface area contributed by atoms with Crippen molar-refractivity contribution < 1.29 is 23.2 Å². The molecule has 8 heteroatoms. The molecule has 2 aromatic carbocycles. The summed E-state index contributed by atoms with van der Waals surface area (Å²) >= 11 is 0. The van der Waals surface area contributed by atoms with Gasteiger partial charge in [-0.05, 0) is 37.1 Å². The molecule has 6 nitrogen and oxygen atoms in total. The maximum Gasteiger partial charge on any atom is 0.325 e. The lowest BCUT2D eigenvalue weighted by Crippen LogP contribution is -2.43. The van der Waals surface area contributed by atoms with Gasteiger partial charge in [0.05, 0.1) is 6.04 Å². The van der Waals surface area contributed by atoms with Crippen LogP contribution in [0.15, 0.2) is 48.5 Å². The smallest absolute Gasteiger partial charge is 0.325 e. The normalized spacial score (nSPS) is 20.1. The SMILES string of the molecule is CC(NC(=O)CN1C(=O)NC(C)(c2ccccc2)C1=O)c1ccc(F)c(F)c1. The molecule has 0 aromatic heterocycles. The largest absolute Gasteiger partial charge is 0.348 e. The van der Waals surface area contributed by atoms with Crippen LogP contribution in [0.2, 0.25) is 0 Å². The lowest BCUT2D eigenvalue weighted by Gasteiger charge is -2.22. The van der Waals surface area contributed by atoms with Crippen LogP contribution >= 0.6 is 0 Å². The summed E-state index contributed by atoms with van der Waals surface area (Å²) in [6, 6.07) is 10.7. The zero-order valence-corrected chi connectivity index (χ0v) is 15.3. The van der Waals surface area contributed by atoms with Gasteiger partial charge in [-0.2, -0.15) is 0 Å². The van der Waals surface area contributed by atoms with E-state index in [9.17, 15) is 23.2 Å². The minimum atomic E-state index is -1.26. The number of benzene rings is 2. The molecule has 1 aliphatic rings. The van der Waals surface area contributed by atoms with Crippen molar-refractivity contribution in [2.24, 2.45) is 0 Å². The van der Waals surface area contributed by atoms with E-state index in [0.29, 0.717) is 11.1 Å². The van der Waals surface area contributed by atoms with E-state index in [-0.39, 0.29) is 0 Å². The van der Waals surface area contributed by atoms with E-state index in [1.807, 2.05) is 0 Å². The highest BCUT2D eigenvalue weighted by atomic mass is 19.2. The second kappa shape index (κ2) is 7.38. The highest BCUT2D eigenvalue weighted by Crippen LogP contribution is 2.28. The van der Waals surface area contributed by atoms with Gasteiger partial charge in [0.25, 0.3) is 5.91 Å². The molecule has 0 saturated carbocycles. The van der Waals surface area contributed by atoms with Crippen molar-refractivity contribution in [1.82, 2.24) is 15.5 Å². The molecule has 4 amide bonds. The van der Waals surface area contributed by atoms with Crippen LogP contribution in [0.5, 0.6) is 0 Å². The summed E-state index contributed by atoms with van der Waals surface area (Å²) in [4.78, 5) is 38.2. The predicted octanol–water partition coefficient (Wildman–Crippen LogP) is 2.61. The first-order valence-electron chi connectivity index (χ1n) is 8.66. The Labute approximate surface area is 160 Å². The molecule has 28 heavy (non-hydrogen) atoms. The highest BCUT2D eigenvalue weighted by molar-refractivity contribution is 6.09. The van der Waals surface area contributed by atoms with Gasteiger partial charge in [0.2, 0.25) is 5.91 Å². The molecular formula is C20H19F2N3O3. The number of rotatable bonds is 5. The lowest BCUT2D eigenvalue weighted by atomic mass is 9.92. The number of amides is 4. The molecule has 2 unspecified atom stereocenters. The van der Waals surface area contributed by atoms with Crippen LogP contribution in [0, 0.1) is 11.6 Å². The van der Waals surface area contributed by atoms with E-state index in [2.05, 4.69) is 10.6 Å². The van der Waals surface area contributed by atoms with Gasteiger partial charge in [0.15, 0.2) is 11.6 Å². The zero-order valence-electron chi connectivity index (χ0n) is 15.3. The Morgan fingerprint density at radius 3 is 2.46 bits per heavy atom. The number of hydrogen-bond acceptors (Lipinski definition) is 3. The van der Waals surface area contributed by atoms with Crippen molar-refractivity contribution in [3.8, 4) is 0 Å². The minimum Gasteiger partial charge on any atom is -0.348 e. The number of imide groups is 1. The second-order valence-corrected chi connectivity index (χ2v) is 6.78. The van der Waals surface area contributed by atoms with Crippen LogP contribution in [-0.4, -0.2) is 29.3 Å². The number of halogens is 2. The summed E-state index contributed by atoms with van der Waals surface area (Å²) < 4.78 is 26.4. The van der Waals surface area contributed by atoms with Gasteiger partial charge in [0.1, 0.15) is 12.1 Å². The molecule has 1 heterocycles. The molecular weight excluding hydrogens is 368 g/mol.